The first-order valence-corrected chi connectivity index (χ1v) is 7.06. The molecule has 1 aromatic heterocycles. The number of benzene rings is 1. The van der Waals surface area contributed by atoms with Gasteiger partial charge in [0, 0.05) is 17.8 Å². The molecule has 1 aromatic carbocycles. The van der Waals surface area contributed by atoms with Gasteiger partial charge in [0.25, 0.3) is 11.8 Å². The lowest BCUT2D eigenvalue weighted by Crippen LogP contribution is -2.31. The summed E-state index contributed by atoms with van der Waals surface area (Å²) in [6, 6.07) is 6.90. The molecule has 5 nitrogen and oxygen atoms in total. The molecule has 20 heavy (non-hydrogen) atoms. The van der Waals surface area contributed by atoms with Crippen LogP contribution in [0.2, 0.25) is 0 Å². The first kappa shape index (κ1) is 12.8. The van der Waals surface area contributed by atoms with Gasteiger partial charge >= 0.3 is 0 Å². The molecule has 0 unspecified atom stereocenters. The van der Waals surface area contributed by atoms with Crippen LogP contribution in [0.15, 0.2) is 24.3 Å². The number of anilines is 1. The third-order valence-electron chi connectivity index (χ3n) is 3.35. The van der Waals surface area contributed by atoms with Crippen LogP contribution in [0.1, 0.15) is 31.3 Å². The van der Waals surface area contributed by atoms with E-state index in [-0.39, 0.29) is 11.8 Å². The number of nitrogens with zero attached hydrogens (tertiary/aromatic N) is 2. The standard InChI is InChI=1S/C14H13N3O2S/c1-8-11(20-14(15)16-8)6-7-17-12(18)9-4-2-3-5-10(9)13(17)19/h2-5H,6-7H2,1H3,(H2,15,16). The molecule has 2 N–H and O–H groups in total. The number of hydrogen-bond acceptors (Lipinski definition) is 5. The Morgan fingerprint density at radius 2 is 1.80 bits per heavy atom. The second-order valence-electron chi connectivity index (χ2n) is 4.62. The molecule has 1 aliphatic rings. The molecule has 2 aromatic rings. The molecule has 6 heteroatoms. The lowest BCUT2D eigenvalue weighted by atomic mass is 10.1. The molecule has 0 bridgehead atoms. The Labute approximate surface area is 120 Å². The molecule has 0 fully saturated rings. The number of nitrogens with two attached hydrogens (primary N) is 1. The number of amides is 2. The van der Waals surface area contributed by atoms with E-state index in [2.05, 4.69) is 4.98 Å². The van der Waals surface area contributed by atoms with E-state index >= 15 is 0 Å². The van der Waals surface area contributed by atoms with Gasteiger partial charge in [0.05, 0.1) is 16.8 Å². The van der Waals surface area contributed by atoms with Gasteiger partial charge < -0.3 is 5.73 Å². The van der Waals surface area contributed by atoms with Crippen LogP contribution in [0, 0.1) is 6.92 Å². The number of aromatic nitrogens is 1. The van der Waals surface area contributed by atoms with Gasteiger partial charge in [0.15, 0.2) is 5.13 Å². The third-order valence-corrected chi connectivity index (χ3v) is 4.40. The largest absolute Gasteiger partial charge is 0.375 e. The average Bonchev–Trinajstić information content (AvgIpc) is 2.87. The van der Waals surface area contributed by atoms with Crippen molar-refractivity contribution in [3.8, 4) is 0 Å². The van der Waals surface area contributed by atoms with Crippen molar-refractivity contribution in [2.75, 3.05) is 12.3 Å². The molecule has 1 aliphatic heterocycles. The van der Waals surface area contributed by atoms with Crippen molar-refractivity contribution in [2.24, 2.45) is 0 Å². The molecule has 2 heterocycles. The molecule has 0 spiro atoms. The second-order valence-corrected chi connectivity index (χ2v) is 5.73. The van der Waals surface area contributed by atoms with Crippen LogP contribution >= 0.6 is 11.3 Å². The van der Waals surface area contributed by atoms with Crippen LogP contribution < -0.4 is 5.73 Å². The molecule has 2 amide bonds. The maximum Gasteiger partial charge on any atom is 0.261 e. The zero-order valence-electron chi connectivity index (χ0n) is 10.9. The predicted octanol–water partition coefficient (Wildman–Crippen LogP) is 1.87. The van der Waals surface area contributed by atoms with Crippen molar-refractivity contribution in [1.29, 1.82) is 0 Å². The molecular weight excluding hydrogens is 274 g/mol. The van der Waals surface area contributed by atoms with Crippen molar-refractivity contribution >= 4 is 28.3 Å². The van der Waals surface area contributed by atoms with Crippen molar-refractivity contribution < 1.29 is 9.59 Å². The summed E-state index contributed by atoms with van der Waals surface area (Å²) in [4.78, 5) is 30.8. The number of carbonyl (C=O) groups is 2. The number of hydrogen-bond donors (Lipinski definition) is 1. The fourth-order valence-corrected chi connectivity index (χ4v) is 3.16. The Hall–Kier alpha value is -2.21. The molecule has 102 valence electrons. The highest BCUT2D eigenvalue weighted by atomic mass is 32.1. The first-order valence-electron chi connectivity index (χ1n) is 6.25. The molecular formula is C14H13N3O2S. The van der Waals surface area contributed by atoms with Crippen molar-refractivity contribution in [1.82, 2.24) is 9.88 Å². The summed E-state index contributed by atoms with van der Waals surface area (Å²) in [5.41, 5.74) is 7.48. The van der Waals surface area contributed by atoms with E-state index < -0.39 is 0 Å². The van der Waals surface area contributed by atoms with Crippen LogP contribution in [0.3, 0.4) is 0 Å². The zero-order chi connectivity index (χ0) is 14.3. The Kier molecular flexibility index (Phi) is 3.02. The summed E-state index contributed by atoms with van der Waals surface area (Å²) in [5.74, 6) is -0.443. The minimum atomic E-state index is -0.222. The van der Waals surface area contributed by atoms with Crippen LogP contribution in [0.25, 0.3) is 0 Å². The van der Waals surface area contributed by atoms with E-state index in [0.717, 1.165) is 10.6 Å². The number of aryl methyl sites for hydroxylation is 1. The number of fused-ring (bicyclic) bond motifs is 1. The Bertz CT molecular complexity index is 673. The monoisotopic (exact) mass is 287 g/mol. The fourth-order valence-electron chi connectivity index (χ4n) is 2.34. The lowest BCUT2D eigenvalue weighted by molar-refractivity contribution is 0.0656. The quantitative estimate of drug-likeness (QED) is 0.874. The number of rotatable bonds is 3. The van der Waals surface area contributed by atoms with Gasteiger partial charge in [-0.1, -0.05) is 12.1 Å². The summed E-state index contributed by atoms with van der Waals surface area (Å²) in [5, 5.41) is 0.514. The Morgan fingerprint density at radius 3 is 2.30 bits per heavy atom. The van der Waals surface area contributed by atoms with Crippen LogP contribution in [-0.2, 0) is 6.42 Å². The van der Waals surface area contributed by atoms with Crippen LogP contribution in [0.4, 0.5) is 5.13 Å². The minimum absolute atomic E-state index is 0.222. The molecule has 0 radical (unpaired) electrons. The topological polar surface area (TPSA) is 76.3 Å². The zero-order valence-corrected chi connectivity index (χ0v) is 11.7. The van der Waals surface area contributed by atoms with Gasteiger partial charge in [0.1, 0.15) is 0 Å². The molecule has 0 saturated carbocycles. The summed E-state index contributed by atoms with van der Waals surface area (Å²) in [7, 11) is 0. The average molecular weight is 287 g/mol. The summed E-state index contributed by atoms with van der Waals surface area (Å²) in [6.07, 6.45) is 0.589. The normalized spacial score (nSPS) is 13.9. The summed E-state index contributed by atoms with van der Waals surface area (Å²) in [6.45, 7) is 2.24. The van der Waals surface area contributed by atoms with Crippen molar-refractivity contribution in [3.05, 3.63) is 46.0 Å². The minimum Gasteiger partial charge on any atom is -0.375 e. The SMILES string of the molecule is Cc1nc(N)sc1CCN1C(=O)c2ccccc2C1=O. The summed E-state index contributed by atoms with van der Waals surface area (Å²) >= 11 is 1.40. The van der Waals surface area contributed by atoms with E-state index in [1.165, 1.54) is 16.2 Å². The predicted molar refractivity (Wildman–Crippen MR) is 76.8 cm³/mol. The molecule has 0 saturated heterocycles. The second kappa shape index (κ2) is 4.72. The van der Waals surface area contributed by atoms with Gasteiger partial charge in [-0.25, -0.2) is 4.98 Å². The number of carbonyl (C=O) groups excluding carboxylic acids is 2. The smallest absolute Gasteiger partial charge is 0.261 e. The first-order chi connectivity index (χ1) is 9.58. The van der Waals surface area contributed by atoms with Gasteiger partial charge in [-0.05, 0) is 19.1 Å². The number of thiazole rings is 1. The van der Waals surface area contributed by atoms with E-state index in [1.807, 2.05) is 6.92 Å². The van der Waals surface area contributed by atoms with Gasteiger partial charge in [-0.15, -0.1) is 11.3 Å². The highest BCUT2D eigenvalue weighted by molar-refractivity contribution is 7.15. The summed E-state index contributed by atoms with van der Waals surface area (Å²) < 4.78 is 0. The van der Waals surface area contributed by atoms with Crippen molar-refractivity contribution in [2.45, 2.75) is 13.3 Å². The number of nitrogen functional groups attached to an aromatic ring is 1. The Morgan fingerprint density at radius 1 is 1.20 bits per heavy atom. The van der Waals surface area contributed by atoms with E-state index in [1.54, 1.807) is 24.3 Å². The lowest BCUT2D eigenvalue weighted by Gasteiger charge is -2.12. The Balaban J connectivity index is 1.79. The van der Waals surface area contributed by atoms with E-state index in [9.17, 15) is 9.59 Å². The highest BCUT2D eigenvalue weighted by Gasteiger charge is 2.34. The van der Waals surface area contributed by atoms with Gasteiger partial charge in [0.2, 0.25) is 0 Å². The maximum atomic E-state index is 12.2. The van der Waals surface area contributed by atoms with E-state index in [0.29, 0.717) is 29.2 Å². The van der Waals surface area contributed by atoms with Crippen molar-refractivity contribution in [3.63, 3.8) is 0 Å². The molecule has 0 aliphatic carbocycles. The highest BCUT2D eigenvalue weighted by Crippen LogP contribution is 2.25. The van der Waals surface area contributed by atoms with Gasteiger partial charge in [-0.3, -0.25) is 14.5 Å². The van der Waals surface area contributed by atoms with E-state index in [4.69, 9.17) is 5.73 Å². The van der Waals surface area contributed by atoms with Crippen LogP contribution in [-0.4, -0.2) is 28.2 Å². The van der Waals surface area contributed by atoms with Gasteiger partial charge in [-0.2, -0.15) is 0 Å². The maximum absolute atomic E-state index is 12.2. The fraction of sp³-hybridized carbons (Fsp3) is 0.214. The molecule has 3 rings (SSSR count). The third kappa shape index (κ3) is 1.98. The van der Waals surface area contributed by atoms with Crippen LogP contribution in [0.5, 0.6) is 0 Å². The number of imide groups is 1. The molecule has 0 atom stereocenters.